The lowest BCUT2D eigenvalue weighted by Gasteiger charge is -2.16. The number of aromatic nitrogens is 2. The van der Waals surface area contributed by atoms with Gasteiger partial charge in [-0.3, -0.25) is 0 Å². The van der Waals surface area contributed by atoms with Crippen molar-refractivity contribution in [2.45, 2.75) is 0 Å². The maximum Gasteiger partial charge on any atom is 0.197 e. The molecule has 0 aliphatic rings. The number of benzene rings is 7. The van der Waals surface area contributed by atoms with Gasteiger partial charge in [0, 0.05) is 27.1 Å². The van der Waals surface area contributed by atoms with E-state index in [0.717, 1.165) is 55.2 Å². The van der Waals surface area contributed by atoms with Crippen molar-refractivity contribution in [2.24, 2.45) is 0 Å². The summed E-state index contributed by atoms with van der Waals surface area (Å²) in [6.45, 7) is 8.26. The predicted molar refractivity (Wildman–Crippen MR) is 202 cm³/mol. The Bertz CT molecular complexity index is 2920. The first-order chi connectivity index (χ1) is 24.7. The topological polar surface area (TPSA) is 61.8 Å². The highest BCUT2D eigenvalue weighted by Crippen LogP contribution is 2.41. The minimum Gasteiger partial charge on any atom is -0.309 e. The Labute approximate surface area is 288 Å². The van der Waals surface area contributed by atoms with Crippen molar-refractivity contribution in [1.29, 1.82) is 10.5 Å². The molecule has 0 bridgehead atoms. The van der Waals surface area contributed by atoms with Crippen molar-refractivity contribution in [1.82, 2.24) is 9.13 Å². The average Bonchev–Trinajstić information content (AvgIpc) is 3.70. The second kappa shape index (κ2) is 11.4. The van der Waals surface area contributed by atoms with Gasteiger partial charge in [-0.15, -0.1) is 0 Å². The first-order valence-corrected chi connectivity index (χ1v) is 16.3. The number of hydrogen-bond acceptors (Lipinski definition) is 2. The standard InChI is InChI=1S/C45H25N5/c1-48-39-26-45(50-43-20-9-5-16-36(43)38-23-29(27-46)21-22-44(38)50)32(28-47)25-37(39)31-12-10-11-30(24-31)33-13-2-6-17-40(33)49-41-18-7-3-14-34(41)35-15-4-8-19-42(35)49/h2-26H. The van der Waals surface area contributed by atoms with Crippen molar-refractivity contribution < 1.29 is 0 Å². The molecule has 0 saturated heterocycles. The van der Waals surface area contributed by atoms with Crippen molar-refractivity contribution in [3.05, 3.63) is 174 Å². The Morgan fingerprint density at radius 2 is 1.02 bits per heavy atom. The van der Waals surface area contributed by atoms with Crippen LogP contribution >= 0.6 is 0 Å². The number of rotatable bonds is 4. The number of nitriles is 2. The van der Waals surface area contributed by atoms with Gasteiger partial charge in [-0.25, -0.2) is 4.85 Å². The van der Waals surface area contributed by atoms with Crippen molar-refractivity contribution in [2.75, 3.05) is 0 Å². The molecule has 2 aromatic heterocycles. The van der Waals surface area contributed by atoms with Gasteiger partial charge in [0.2, 0.25) is 0 Å². The van der Waals surface area contributed by atoms with Gasteiger partial charge in [-0.2, -0.15) is 10.5 Å². The zero-order chi connectivity index (χ0) is 33.8. The van der Waals surface area contributed by atoms with Crippen molar-refractivity contribution in [3.63, 3.8) is 0 Å². The molecule has 5 nitrogen and oxygen atoms in total. The number of para-hydroxylation sites is 4. The van der Waals surface area contributed by atoms with Gasteiger partial charge in [0.25, 0.3) is 0 Å². The van der Waals surface area contributed by atoms with Gasteiger partial charge in [-0.1, -0.05) is 91.0 Å². The maximum absolute atomic E-state index is 10.5. The second-order valence-corrected chi connectivity index (χ2v) is 12.3. The Balaban J connectivity index is 1.23. The van der Waals surface area contributed by atoms with Crippen molar-refractivity contribution in [3.8, 4) is 45.8 Å². The summed E-state index contributed by atoms with van der Waals surface area (Å²) in [5.74, 6) is 0. The van der Waals surface area contributed by atoms with Gasteiger partial charge in [0.1, 0.15) is 6.07 Å². The summed E-state index contributed by atoms with van der Waals surface area (Å²) in [4.78, 5) is 3.99. The number of hydrogen-bond donors (Lipinski definition) is 0. The molecule has 9 rings (SSSR count). The maximum atomic E-state index is 10.5. The zero-order valence-corrected chi connectivity index (χ0v) is 26.7. The van der Waals surface area contributed by atoms with Gasteiger partial charge in [0.05, 0.1) is 57.2 Å². The van der Waals surface area contributed by atoms with Gasteiger partial charge < -0.3 is 9.13 Å². The van der Waals surface area contributed by atoms with E-state index in [2.05, 4.69) is 106 Å². The Morgan fingerprint density at radius 3 is 1.66 bits per heavy atom. The van der Waals surface area contributed by atoms with Crippen LogP contribution in [0, 0.1) is 29.2 Å². The van der Waals surface area contributed by atoms with Crippen LogP contribution in [-0.2, 0) is 0 Å². The van der Waals surface area contributed by atoms with Crippen LogP contribution < -0.4 is 0 Å². The van der Waals surface area contributed by atoms with E-state index in [9.17, 15) is 10.5 Å². The number of nitrogens with zero attached hydrogens (tertiary/aromatic N) is 5. The van der Waals surface area contributed by atoms with E-state index in [4.69, 9.17) is 6.57 Å². The summed E-state index contributed by atoms with van der Waals surface area (Å²) >= 11 is 0. The third-order valence-electron chi connectivity index (χ3n) is 9.61. The number of fused-ring (bicyclic) bond motifs is 6. The molecule has 7 aromatic carbocycles. The second-order valence-electron chi connectivity index (χ2n) is 12.3. The monoisotopic (exact) mass is 635 g/mol. The SMILES string of the molecule is [C-]#[N+]c1cc(-n2c3ccccc3c3cc(C#N)ccc32)c(C#N)cc1-c1cccc(-c2ccccc2-n2c3ccccc3c3ccccc32)c1. The third kappa shape index (κ3) is 4.31. The lowest BCUT2D eigenvalue weighted by atomic mass is 9.95. The molecule has 0 atom stereocenters. The van der Waals surface area contributed by atoms with E-state index < -0.39 is 0 Å². The van der Waals surface area contributed by atoms with Crippen LogP contribution in [0.4, 0.5) is 5.69 Å². The fourth-order valence-corrected chi connectivity index (χ4v) is 7.43. The van der Waals surface area contributed by atoms with E-state index in [1.54, 1.807) is 6.07 Å². The molecule has 0 spiro atoms. The summed E-state index contributed by atoms with van der Waals surface area (Å²) in [7, 11) is 0. The molecule has 9 aromatic rings. The van der Waals surface area contributed by atoms with Crippen LogP contribution in [0.15, 0.2) is 152 Å². The van der Waals surface area contributed by atoms with Gasteiger partial charge in [-0.05, 0) is 77.4 Å². The van der Waals surface area contributed by atoms with Gasteiger partial charge >= 0.3 is 0 Å². The molecule has 0 aliphatic carbocycles. The molecule has 230 valence electrons. The van der Waals surface area contributed by atoms with Crippen LogP contribution in [0.25, 0.3) is 82.1 Å². The van der Waals surface area contributed by atoms with Crippen LogP contribution in [0.1, 0.15) is 11.1 Å². The molecule has 0 aliphatic heterocycles. The molecule has 50 heavy (non-hydrogen) atoms. The molecular weight excluding hydrogens is 611 g/mol. The van der Waals surface area contributed by atoms with E-state index in [0.29, 0.717) is 28.1 Å². The van der Waals surface area contributed by atoms with E-state index in [1.165, 1.54) is 10.8 Å². The molecule has 2 heterocycles. The van der Waals surface area contributed by atoms with Crippen LogP contribution in [0.2, 0.25) is 0 Å². The first-order valence-electron chi connectivity index (χ1n) is 16.3. The predicted octanol–water partition coefficient (Wildman–Crippen LogP) is 11.5. The quantitative estimate of drug-likeness (QED) is 0.181. The van der Waals surface area contributed by atoms with Crippen LogP contribution in [0.3, 0.4) is 0 Å². The first kappa shape index (κ1) is 28.8. The van der Waals surface area contributed by atoms with Crippen LogP contribution in [0.5, 0.6) is 0 Å². The summed E-state index contributed by atoms with van der Waals surface area (Å²) < 4.78 is 4.35. The van der Waals surface area contributed by atoms with Gasteiger partial charge in [0.15, 0.2) is 5.69 Å². The highest BCUT2D eigenvalue weighted by Gasteiger charge is 2.20. The Kier molecular flexibility index (Phi) is 6.56. The highest BCUT2D eigenvalue weighted by atomic mass is 15.0. The smallest absolute Gasteiger partial charge is 0.197 e. The lowest BCUT2D eigenvalue weighted by molar-refractivity contribution is 1.17. The lowest BCUT2D eigenvalue weighted by Crippen LogP contribution is -1.99. The van der Waals surface area contributed by atoms with E-state index >= 15 is 0 Å². The molecule has 0 amide bonds. The van der Waals surface area contributed by atoms with E-state index in [-0.39, 0.29) is 0 Å². The molecule has 0 N–H and O–H groups in total. The van der Waals surface area contributed by atoms with Crippen LogP contribution in [-0.4, -0.2) is 9.13 Å². The largest absolute Gasteiger partial charge is 0.309 e. The Hall–Kier alpha value is -7.39. The zero-order valence-electron chi connectivity index (χ0n) is 26.7. The van der Waals surface area contributed by atoms with Crippen molar-refractivity contribution >= 4 is 49.3 Å². The normalized spacial score (nSPS) is 11.1. The molecular formula is C45H25N5. The molecule has 0 saturated carbocycles. The summed E-state index contributed by atoms with van der Waals surface area (Å²) in [5.41, 5.74) is 10.8. The fourth-order valence-electron chi connectivity index (χ4n) is 7.43. The molecule has 0 fully saturated rings. The fraction of sp³-hybridized carbons (Fsp3) is 0. The molecule has 0 radical (unpaired) electrons. The highest BCUT2D eigenvalue weighted by molar-refractivity contribution is 6.11. The molecule has 0 unspecified atom stereocenters. The Morgan fingerprint density at radius 1 is 0.460 bits per heavy atom. The summed E-state index contributed by atoms with van der Waals surface area (Å²) in [5, 5.41) is 24.4. The summed E-state index contributed by atoms with van der Waals surface area (Å²) in [6.07, 6.45) is 0. The summed E-state index contributed by atoms with van der Waals surface area (Å²) in [6, 6.07) is 55.5. The minimum atomic E-state index is 0.450. The molecule has 5 heteroatoms. The third-order valence-corrected chi connectivity index (χ3v) is 9.61. The average molecular weight is 636 g/mol. The van der Waals surface area contributed by atoms with E-state index in [1.807, 2.05) is 65.2 Å². The minimum absolute atomic E-state index is 0.450.